The number of nitrogens with two attached hydrogens (primary N) is 1. The van der Waals surface area contributed by atoms with Gasteiger partial charge in [0.15, 0.2) is 0 Å². The van der Waals surface area contributed by atoms with E-state index in [-0.39, 0.29) is 5.82 Å². The van der Waals surface area contributed by atoms with Gasteiger partial charge in [-0.3, -0.25) is 4.79 Å². The summed E-state index contributed by atoms with van der Waals surface area (Å²) in [5.41, 5.74) is 7.21. The minimum absolute atomic E-state index is 0.375. The van der Waals surface area contributed by atoms with E-state index in [1.54, 1.807) is 24.3 Å². The summed E-state index contributed by atoms with van der Waals surface area (Å²) in [7, 11) is 1.49. The molecule has 0 spiro atoms. The SMILES string of the molecule is COc1cc(F)cc(-n2ccc3cc(C(N)=O)ccc32)c1. The molecule has 106 valence electrons. The van der Waals surface area contributed by atoms with Crippen LogP contribution < -0.4 is 10.5 Å². The Kier molecular flexibility index (Phi) is 3.10. The topological polar surface area (TPSA) is 57.2 Å². The number of primary amides is 1. The van der Waals surface area contributed by atoms with Crippen LogP contribution in [0, 0.1) is 5.82 Å². The van der Waals surface area contributed by atoms with Crippen LogP contribution in [0.3, 0.4) is 0 Å². The van der Waals surface area contributed by atoms with E-state index in [1.807, 2.05) is 16.8 Å². The molecule has 0 bridgehead atoms. The van der Waals surface area contributed by atoms with E-state index in [0.717, 1.165) is 10.9 Å². The van der Waals surface area contributed by atoms with Crippen molar-refractivity contribution in [3.05, 3.63) is 60.0 Å². The van der Waals surface area contributed by atoms with Gasteiger partial charge in [-0.25, -0.2) is 4.39 Å². The molecule has 2 aromatic carbocycles. The van der Waals surface area contributed by atoms with E-state index < -0.39 is 5.91 Å². The van der Waals surface area contributed by atoms with Gasteiger partial charge in [0.1, 0.15) is 11.6 Å². The van der Waals surface area contributed by atoms with Gasteiger partial charge >= 0.3 is 0 Å². The Morgan fingerprint density at radius 3 is 2.71 bits per heavy atom. The second kappa shape index (κ2) is 4.94. The molecule has 1 amide bonds. The number of hydrogen-bond acceptors (Lipinski definition) is 2. The van der Waals surface area contributed by atoms with E-state index >= 15 is 0 Å². The lowest BCUT2D eigenvalue weighted by molar-refractivity contribution is 0.100. The summed E-state index contributed by atoms with van der Waals surface area (Å²) in [5, 5.41) is 0.856. The Morgan fingerprint density at radius 1 is 1.19 bits per heavy atom. The van der Waals surface area contributed by atoms with Crippen LogP contribution in [0.1, 0.15) is 10.4 Å². The first-order valence-electron chi connectivity index (χ1n) is 6.34. The smallest absolute Gasteiger partial charge is 0.248 e. The largest absolute Gasteiger partial charge is 0.497 e. The fraction of sp³-hybridized carbons (Fsp3) is 0.0625. The zero-order chi connectivity index (χ0) is 15.0. The van der Waals surface area contributed by atoms with Gasteiger partial charge in [0, 0.05) is 29.3 Å². The summed E-state index contributed by atoms with van der Waals surface area (Å²) in [4.78, 5) is 11.2. The van der Waals surface area contributed by atoms with Crippen LogP contribution in [0.2, 0.25) is 0 Å². The molecule has 0 saturated heterocycles. The van der Waals surface area contributed by atoms with E-state index in [0.29, 0.717) is 17.0 Å². The third-order valence-corrected chi connectivity index (χ3v) is 3.34. The van der Waals surface area contributed by atoms with E-state index in [9.17, 15) is 9.18 Å². The Hall–Kier alpha value is -2.82. The Labute approximate surface area is 120 Å². The lowest BCUT2D eigenvalue weighted by Crippen LogP contribution is -2.10. The lowest BCUT2D eigenvalue weighted by Gasteiger charge is -2.08. The van der Waals surface area contributed by atoms with Crippen LogP contribution in [0.4, 0.5) is 4.39 Å². The predicted molar refractivity (Wildman–Crippen MR) is 78.3 cm³/mol. The minimum atomic E-state index is -0.475. The third-order valence-electron chi connectivity index (χ3n) is 3.34. The molecule has 3 aromatic rings. The quantitative estimate of drug-likeness (QED) is 0.804. The van der Waals surface area contributed by atoms with Crippen LogP contribution in [0.25, 0.3) is 16.6 Å². The van der Waals surface area contributed by atoms with Crippen molar-refractivity contribution >= 4 is 16.8 Å². The van der Waals surface area contributed by atoms with E-state index in [4.69, 9.17) is 10.5 Å². The number of hydrogen-bond donors (Lipinski definition) is 1. The number of benzene rings is 2. The van der Waals surface area contributed by atoms with Gasteiger partial charge in [-0.1, -0.05) is 0 Å². The maximum absolute atomic E-state index is 13.6. The first-order valence-corrected chi connectivity index (χ1v) is 6.34. The molecular weight excluding hydrogens is 271 g/mol. The molecular formula is C16H13FN2O2. The van der Waals surface area contributed by atoms with Crippen molar-refractivity contribution < 1.29 is 13.9 Å². The molecule has 0 aliphatic carbocycles. The third kappa shape index (κ3) is 2.33. The molecule has 1 heterocycles. The number of aromatic nitrogens is 1. The number of carbonyl (C=O) groups is 1. The van der Waals surface area contributed by atoms with Crippen molar-refractivity contribution in [2.24, 2.45) is 5.73 Å². The molecule has 0 atom stereocenters. The highest BCUT2D eigenvalue weighted by Gasteiger charge is 2.08. The molecule has 3 rings (SSSR count). The summed E-state index contributed by atoms with van der Waals surface area (Å²) < 4.78 is 20.5. The second-order valence-corrected chi connectivity index (χ2v) is 4.67. The van der Waals surface area contributed by atoms with Crippen LogP contribution in [0.5, 0.6) is 5.75 Å². The van der Waals surface area contributed by atoms with Crippen LogP contribution in [-0.4, -0.2) is 17.6 Å². The van der Waals surface area contributed by atoms with Gasteiger partial charge in [-0.2, -0.15) is 0 Å². The monoisotopic (exact) mass is 284 g/mol. The molecule has 0 aliphatic heterocycles. The van der Waals surface area contributed by atoms with Gasteiger partial charge in [-0.05, 0) is 30.3 Å². The maximum atomic E-state index is 13.6. The molecule has 4 nitrogen and oxygen atoms in total. The highest BCUT2D eigenvalue weighted by molar-refractivity contribution is 5.97. The Bertz CT molecular complexity index is 839. The van der Waals surface area contributed by atoms with Gasteiger partial charge in [0.2, 0.25) is 5.91 Å². The normalized spacial score (nSPS) is 10.8. The summed E-state index contributed by atoms with van der Waals surface area (Å²) in [6, 6.07) is 11.5. The van der Waals surface area contributed by atoms with Crippen molar-refractivity contribution in [2.45, 2.75) is 0 Å². The van der Waals surface area contributed by atoms with Crippen molar-refractivity contribution in [3.63, 3.8) is 0 Å². The van der Waals surface area contributed by atoms with E-state index in [1.165, 1.54) is 19.2 Å². The molecule has 2 N–H and O–H groups in total. The Balaban J connectivity index is 2.17. The van der Waals surface area contributed by atoms with Gasteiger partial charge in [0.25, 0.3) is 0 Å². The molecule has 0 radical (unpaired) electrons. The van der Waals surface area contributed by atoms with Crippen LogP contribution in [-0.2, 0) is 0 Å². The molecule has 1 aromatic heterocycles. The first-order chi connectivity index (χ1) is 10.1. The number of ether oxygens (including phenoxy) is 1. The number of amides is 1. The molecule has 5 heteroatoms. The lowest BCUT2D eigenvalue weighted by atomic mass is 10.1. The summed E-state index contributed by atoms with van der Waals surface area (Å²) >= 11 is 0. The molecule has 21 heavy (non-hydrogen) atoms. The predicted octanol–water partition coefficient (Wildman–Crippen LogP) is 2.88. The summed E-state index contributed by atoms with van der Waals surface area (Å²) in [6.07, 6.45) is 1.81. The van der Waals surface area contributed by atoms with E-state index in [2.05, 4.69) is 0 Å². The highest BCUT2D eigenvalue weighted by Crippen LogP contribution is 2.25. The maximum Gasteiger partial charge on any atom is 0.248 e. The van der Waals surface area contributed by atoms with Crippen LogP contribution in [0.15, 0.2) is 48.7 Å². The second-order valence-electron chi connectivity index (χ2n) is 4.67. The molecule has 0 aliphatic rings. The van der Waals surface area contributed by atoms with Gasteiger partial charge < -0.3 is 15.0 Å². The van der Waals surface area contributed by atoms with Crippen LogP contribution >= 0.6 is 0 Å². The fourth-order valence-electron chi connectivity index (χ4n) is 2.33. The minimum Gasteiger partial charge on any atom is -0.497 e. The number of fused-ring (bicyclic) bond motifs is 1. The molecule has 0 saturated carbocycles. The Morgan fingerprint density at radius 2 is 2.00 bits per heavy atom. The average Bonchev–Trinajstić information content (AvgIpc) is 2.89. The number of halogens is 1. The standard InChI is InChI=1S/C16H13FN2O2/c1-21-14-8-12(17)7-13(9-14)19-5-4-10-6-11(16(18)20)2-3-15(10)19/h2-9H,1H3,(H2,18,20). The molecule has 0 unspecified atom stereocenters. The zero-order valence-electron chi connectivity index (χ0n) is 11.3. The van der Waals surface area contributed by atoms with Crippen molar-refractivity contribution in [3.8, 4) is 11.4 Å². The number of nitrogens with zero attached hydrogens (tertiary/aromatic N) is 1. The number of rotatable bonds is 3. The molecule has 0 fully saturated rings. The summed E-state index contributed by atoms with van der Waals surface area (Å²) in [5.74, 6) is -0.405. The van der Waals surface area contributed by atoms with Crippen molar-refractivity contribution in [1.82, 2.24) is 4.57 Å². The number of carbonyl (C=O) groups excluding carboxylic acids is 1. The zero-order valence-corrected chi connectivity index (χ0v) is 11.3. The van der Waals surface area contributed by atoms with Crippen molar-refractivity contribution in [1.29, 1.82) is 0 Å². The highest BCUT2D eigenvalue weighted by atomic mass is 19.1. The van der Waals surface area contributed by atoms with Gasteiger partial charge in [-0.15, -0.1) is 0 Å². The summed E-state index contributed by atoms with van der Waals surface area (Å²) in [6.45, 7) is 0. The number of methoxy groups -OCH3 is 1. The fourth-order valence-corrected chi connectivity index (χ4v) is 2.33. The average molecular weight is 284 g/mol. The first kappa shape index (κ1) is 13.2. The van der Waals surface area contributed by atoms with Gasteiger partial charge in [0.05, 0.1) is 18.3 Å². The van der Waals surface area contributed by atoms with Crippen molar-refractivity contribution in [2.75, 3.05) is 7.11 Å².